The first-order chi connectivity index (χ1) is 7.84. The SMILES string of the molecule is [2H]c1cccc2sc(-c3ccccc3)nc12. The average molecular weight is 212 g/mol. The lowest BCUT2D eigenvalue weighted by atomic mass is 10.2. The van der Waals surface area contributed by atoms with Crippen molar-refractivity contribution in [3.8, 4) is 10.6 Å². The standard InChI is InChI=1S/C13H9NS/c1-2-6-10(7-3-1)13-14-11-8-4-5-9-12(11)15-13/h1-9H/i8D. The Labute approximate surface area is 93.4 Å². The predicted molar refractivity (Wildman–Crippen MR) is 65.1 cm³/mol. The Bertz CT molecular complexity index is 631. The van der Waals surface area contributed by atoms with E-state index in [0.717, 1.165) is 20.8 Å². The molecule has 0 saturated carbocycles. The first-order valence-electron chi connectivity index (χ1n) is 5.26. The molecule has 15 heavy (non-hydrogen) atoms. The van der Waals surface area contributed by atoms with E-state index in [1.807, 2.05) is 42.5 Å². The smallest absolute Gasteiger partial charge is 0.124 e. The van der Waals surface area contributed by atoms with Gasteiger partial charge in [0.15, 0.2) is 0 Å². The second-order valence-corrected chi connectivity index (χ2v) is 4.30. The number of hydrogen-bond donors (Lipinski definition) is 0. The van der Waals surface area contributed by atoms with Crippen LogP contribution < -0.4 is 0 Å². The Morgan fingerprint density at radius 3 is 2.60 bits per heavy atom. The van der Waals surface area contributed by atoms with Crippen LogP contribution in [-0.4, -0.2) is 4.98 Å². The quantitative estimate of drug-likeness (QED) is 0.595. The van der Waals surface area contributed by atoms with Gasteiger partial charge in [-0.3, -0.25) is 0 Å². The zero-order valence-corrected chi connectivity index (χ0v) is 8.79. The zero-order chi connectivity index (χ0) is 11.0. The molecule has 0 saturated heterocycles. The van der Waals surface area contributed by atoms with Gasteiger partial charge in [0.1, 0.15) is 5.01 Å². The molecule has 0 aliphatic heterocycles. The number of fused-ring (bicyclic) bond motifs is 1. The van der Waals surface area contributed by atoms with Crippen molar-refractivity contribution in [2.75, 3.05) is 0 Å². The Morgan fingerprint density at radius 2 is 1.80 bits per heavy atom. The molecular weight excluding hydrogens is 202 g/mol. The lowest BCUT2D eigenvalue weighted by Gasteiger charge is -1.92. The van der Waals surface area contributed by atoms with Crippen molar-refractivity contribution in [1.82, 2.24) is 4.98 Å². The Morgan fingerprint density at radius 1 is 1.00 bits per heavy atom. The summed E-state index contributed by atoms with van der Waals surface area (Å²) in [6.07, 6.45) is 0. The van der Waals surface area contributed by atoms with E-state index in [4.69, 9.17) is 1.37 Å². The molecule has 2 heteroatoms. The average Bonchev–Trinajstić information content (AvgIpc) is 2.76. The number of aromatic nitrogens is 1. The minimum Gasteiger partial charge on any atom is -0.236 e. The maximum atomic E-state index is 7.78. The van der Waals surface area contributed by atoms with Gasteiger partial charge in [-0.1, -0.05) is 42.5 Å². The summed E-state index contributed by atoms with van der Waals surface area (Å²) in [7, 11) is 0. The van der Waals surface area contributed by atoms with Gasteiger partial charge in [-0.25, -0.2) is 4.98 Å². The third-order valence-electron chi connectivity index (χ3n) is 2.24. The molecule has 0 fully saturated rings. The highest BCUT2D eigenvalue weighted by atomic mass is 32.1. The van der Waals surface area contributed by atoms with E-state index in [1.165, 1.54) is 0 Å². The number of hydrogen-bond acceptors (Lipinski definition) is 2. The molecule has 1 heterocycles. The van der Waals surface area contributed by atoms with Crippen molar-refractivity contribution in [1.29, 1.82) is 0 Å². The summed E-state index contributed by atoms with van der Waals surface area (Å²) in [6.45, 7) is 0. The predicted octanol–water partition coefficient (Wildman–Crippen LogP) is 3.96. The van der Waals surface area contributed by atoms with Crippen molar-refractivity contribution in [2.24, 2.45) is 0 Å². The first kappa shape index (κ1) is 7.60. The molecule has 0 unspecified atom stereocenters. The van der Waals surface area contributed by atoms with Crippen LogP contribution in [0.3, 0.4) is 0 Å². The summed E-state index contributed by atoms with van der Waals surface area (Å²) in [4.78, 5) is 4.51. The minimum absolute atomic E-state index is 0.496. The fourth-order valence-electron chi connectivity index (χ4n) is 1.52. The summed E-state index contributed by atoms with van der Waals surface area (Å²) >= 11 is 1.63. The summed E-state index contributed by atoms with van der Waals surface area (Å²) in [5.41, 5.74) is 1.91. The normalized spacial score (nSPS) is 11.6. The lowest BCUT2D eigenvalue weighted by molar-refractivity contribution is 1.48. The fourth-order valence-corrected chi connectivity index (χ4v) is 2.46. The number of para-hydroxylation sites is 1. The second kappa shape index (κ2) is 3.48. The van der Waals surface area contributed by atoms with Crippen molar-refractivity contribution < 1.29 is 1.37 Å². The van der Waals surface area contributed by atoms with Crippen molar-refractivity contribution >= 4 is 21.6 Å². The summed E-state index contributed by atoms with van der Waals surface area (Å²) in [5, 5.41) is 0.982. The second-order valence-electron chi connectivity index (χ2n) is 3.27. The molecular formula is C13H9NS. The molecule has 0 N–H and O–H groups in total. The lowest BCUT2D eigenvalue weighted by Crippen LogP contribution is -1.73. The molecule has 0 aliphatic rings. The van der Waals surface area contributed by atoms with E-state index < -0.39 is 0 Å². The maximum absolute atomic E-state index is 7.78. The summed E-state index contributed by atoms with van der Waals surface area (Å²) in [6, 6.07) is 16.3. The van der Waals surface area contributed by atoms with Crippen LogP contribution >= 0.6 is 11.3 Å². The van der Waals surface area contributed by atoms with Crippen molar-refractivity contribution in [3.05, 3.63) is 54.6 Å². The van der Waals surface area contributed by atoms with E-state index >= 15 is 0 Å². The van der Waals surface area contributed by atoms with Crippen LogP contribution in [0.15, 0.2) is 54.6 Å². The fraction of sp³-hybridized carbons (Fsp3) is 0. The van der Waals surface area contributed by atoms with E-state index in [2.05, 4.69) is 4.98 Å². The number of nitrogens with zero attached hydrogens (tertiary/aromatic N) is 1. The van der Waals surface area contributed by atoms with Crippen LogP contribution in [0.1, 0.15) is 1.37 Å². The van der Waals surface area contributed by atoms with E-state index in [1.54, 1.807) is 17.4 Å². The monoisotopic (exact) mass is 212 g/mol. The largest absolute Gasteiger partial charge is 0.236 e. The van der Waals surface area contributed by atoms with Crippen LogP contribution in [0.25, 0.3) is 20.8 Å². The highest BCUT2D eigenvalue weighted by molar-refractivity contribution is 7.21. The molecule has 1 nitrogen and oxygen atoms in total. The highest BCUT2D eigenvalue weighted by Crippen LogP contribution is 2.29. The van der Waals surface area contributed by atoms with Gasteiger partial charge in [-0.2, -0.15) is 0 Å². The van der Waals surface area contributed by atoms with Gasteiger partial charge >= 0.3 is 0 Å². The molecule has 0 amide bonds. The van der Waals surface area contributed by atoms with E-state index in [0.29, 0.717) is 6.04 Å². The van der Waals surface area contributed by atoms with Gasteiger partial charge in [0.2, 0.25) is 0 Å². The zero-order valence-electron chi connectivity index (χ0n) is 8.97. The van der Waals surface area contributed by atoms with Crippen LogP contribution in [-0.2, 0) is 0 Å². The third-order valence-corrected chi connectivity index (χ3v) is 3.31. The van der Waals surface area contributed by atoms with Gasteiger partial charge in [-0.05, 0) is 12.1 Å². The molecule has 0 spiro atoms. The Balaban J connectivity index is 2.23. The Kier molecular flexibility index (Phi) is 1.76. The molecule has 72 valence electrons. The van der Waals surface area contributed by atoms with Gasteiger partial charge in [-0.15, -0.1) is 11.3 Å². The van der Waals surface area contributed by atoms with E-state index in [-0.39, 0.29) is 0 Å². The van der Waals surface area contributed by atoms with Crippen LogP contribution in [0.4, 0.5) is 0 Å². The molecule has 0 aliphatic carbocycles. The number of thiazole rings is 1. The molecule has 0 bridgehead atoms. The Hall–Kier alpha value is -1.67. The summed E-state index contributed by atoms with van der Waals surface area (Å²) < 4.78 is 8.86. The van der Waals surface area contributed by atoms with Crippen molar-refractivity contribution in [3.63, 3.8) is 0 Å². The first-order valence-corrected chi connectivity index (χ1v) is 5.58. The summed E-state index contributed by atoms with van der Waals surface area (Å²) in [5.74, 6) is 0. The van der Waals surface area contributed by atoms with Gasteiger partial charge in [0.25, 0.3) is 0 Å². The topological polar surface area (TPSA) is 12.9 Å². The number of rotatable bonds is 1. The van der Waals surface area contributed by atoms with Gasteiger partial charge in [0.05, 0.1) is 11.6 Å². The van der Waals surface area contributed by atoms with Gasteiger partial charge < -0.3 is 0 Å². The molecule has 0 radical (unpaired) electrons. The van der Waals surface area contributed by atoms with Crippen LogP contribution in [0.5, 0.6) is 0 Å². The molecule has 1 aromatic heterocycles. The maximum Gasteiger partial charge on any atom is 0.124 e. The van der Waals surface area contributed by atoms with Crippen molar-refractivity contribution in [2.45, 2.75) is 0 Å². The van der Waals surface area contributed by atoms with Crippen LogP contribution in [0, 0.1) is 0 Å². The minimum atomic E-state index is 0.496. The van der Waals surface area contributed by atoms with Crippen LogP contribution in [0.2, 0.25) is 0 Å². The van der Waals surface area contributed by atoms with Gasteiger partial charge in [0, 0.05) is 5.56 Å². The molecule has 0 atom stereocenters. The van der Waals surface area contributed by atoms with E-state index in [9.17, 15) is 0 Å². The molecule has 3 rings (SSSR count). The highest BCUT2D eigenvalue weighted by Gasteiger charge is 2.03. The molecule has 3 aromatic rings. The third kappa shape index (κ3) is 1.53. The molecule has 2 aromatic carbocycles. The number of benzene rings is 2.